The molecule has 19 heavy (non-hydrogen) atoms. The number of thiazole rings is 1. The lowest BCUT2D eigenvalue weighted by Gasteiger charge is -2.18. The van der Waals surface area contributed by atoms with Gasteiger partial charge in [0.2, 0.25) is 0 Å². The van der Waals surface area contributed by atoms with Crippen molar-refractivity contribution in [1.29, 1.82) is 0 Å². The molecule has 1 N–H and O–H groups in total. The monoisotopic (exact) mass is 277 g/mol. The Morgan fingerprint density at radius 1 is 1.32 bits per heavy atom. The molecule has 98 valence electrons. The van der Waals surface area contributed by atoms with Gasteiger partial charge in [0, 0.05) is 11.8 Å². The van der Waals surface area contributed by atoms with Crippen molar-refractivity contribution >= 4 is 17.3 Å². The number of nitrogens with zero attached hydrogens (tertiary/aromatic N) is 1. The maximum Gasteiger partial charge on any atom is 0.355 e. The number of carboxylic acids is 1. The zero-order valence-electron chi connectivity index (χ0n) is 9.96. The molecule has 0 amide bonds. The largest absolute Gasteiger partial charge is 0.486 e. The van der Waals surface area contributed by atoms with Crippen LogP contribution >= 0.6 is 11.3 Å². The standard InChI is InChI=1S/C13H11NO4S/c15-13(16)9-7-19-12(14-9)6-8-1-2-10-11(5-8)18-4-3-17-10/h1-2,5,7H,3-4,6H2,(H,15,16). The van der Waals surface area contributed by atoms with Gasteiger partial charge in [-0.1, -0.05) is 6.07 Å². The van der Waals surface area contributed by atoms with Crippen molar-refractivity contribution in [2.75, 3.05) is 13.2 Å². The van der Waals surface area contributed by atoms with Gasteiger partial charge in [-0.15, -0.1) is 11.3 Å². The number of ether oxygens (including phenoxy) is 2. The first-order valence-electron chi connectivity index (χ1n) is 5.78. The van der Waals surface area contributed by atoms with Crippen LogP contribution in [-0.2, 0) is 6.42 Å². The molecular formula is C13H11NO4S. The van der Waals surface area contributed by atoms with E-state index in [9.17, 15) is 4.79 Å². The van der Waals surface area contributed by atoms with E-state index >= 15 is 0 Å². The van der Waals surface area contributed by atoms with Crippen LogP contribution in [-0.4, -0.2) is 29.3 Å². The van der Waals surface area contributed by atoms with Gasteiger partial charge in [-0.3, -0.25) is 0 Å². The molecule has 0 saturated carbocycles. The fourth-order valence-corrected chi connectivity index (χ4v) is 2.66. The fourth-order valence-electron chi connectivity index (χ4n) is 1.86. The summed E-state index contributed by atoms with van der Waals surface area (Å²) in [5.41, 5.74) is 1.12. The van der Waals surface area contributed by atoms with E-state index in [2.05, 4.69) is 4.98 Å². The smallest absolute Gasteiger partial charge is 0.355 e. The van der Waals surface area contributed by atoms with Crippen molar-refractivity contribution < 1.29 is 19.4 Å². The SMILES string of the molecule is O=C(O)c1csc(Cc2ccc3c(c2)OCCO3)n1. The Bertz CT molecular complexity index is 623. The summed E-state index contributed by atoms with van der Waals surface area (Å²) >= 11 is 1.35. The molecule has 3 rings (SSSR count). The number of carbonyl (C=O) groups is 1. The lowest BCUT2D eigenvalue weighted by atomic mass is 10.1. The van der Waals surface area contributed by atoms with Crippen molar-refractivity contribution in [2.24, 2.45) is 0 Å². The van der Waals surface area contributed by atoms with E-state index in [-0.39, 0.29) is 5.69 Å². The molecule has 0 aliphatic carbocycles. The Hall–Kier alpha value is -2.08. The lowest BCUT2D eigenvalue weighted by Crippen LogP contribution is -2.15. The molecule has 0 spiro atoms. The highest BCUT2D eigenvalue weighted by Crippen LogP contribution is 2.31. The van der Waals surface area contributed by atoms with Crippen LogP contribution in [0.1, 0.15) is 21.1 Å². The molecule has 1 aromatic heterocycles. The van der Waals surface area contributed by atoms with Crippen LogP contribution in [0.25, 0.3) is 0 Å². The Morgan fingerprint density at radius 2 is 2.11 bits per heavy atom. The number of aromatic carboxylic acids is 1. The first-order chi connectivity index (χ1) is 9.22. The maximum absolute atomic E-state index is 10.8. The minimum absolute atomic E-state index is 0.0949. The van der Waals surface area contributed by atoms with Gasteiger partial charge in [0.1, 0.15) is 13.2 Å². The number of fused-ring (bicyclic) bond motifs is 1. The van der Waals surface area contributed by atoms with Gasteiger partial charge in [0.05, 0.1) is 5.01 Å². The minimum atomic E-state index is -0.996. The van der Waals surface area contributed by atoms with Gasteiger partial charge in [-0.05, 0) is 17.7 Å². The summed E-state index contributed by atoms with van der Waals surface area (Å²) in [5.74, 6) is 0.490. The first kappa shape index (κ1) is 12.0. The summed E-state index contributed by atoms with van der Waals surface area (Å²) in [7, 11) is 0. The molecule has 0 saturated heterocycles. The van der Waals surface area contributed by atoms with E-state index in [0.717, 1.165) is 22.1 Å². The average Bonchev–Trinajstić information content (AvgIpc) is 2.87. The third kappa shape index (κ3) is 2.53. The second-order valence-electron chi connectivity index (χ2n) is 4.09. The summed E-state index contributed by atoms with van der Waals surface area (Å²) in [6, 6.07) is 5.72. The zero-order chi connectivity index (χ0) is 13.2. The topological polar surface area (TPSA) is 68.7 Å². The molecule has 1 aromatic carbocycles. The molecule has 5 nitrogen and oxygen atoms in total. The van der Waals surface area contributed by atoms with Gasteiger partial charge < -0.3 is 14.6 Å². The fraction of sp³-hybridized carbons (Fsp3) is 0.231. The Kier molecular flexibility index (Phi) is 3.08. The van der Waals surface area contributed by atoms with E-state index in [1.54, 1.807) is 5.38 Å². The summed E-state index contributed by atoms with van der Waals surface area (Å²) in [6.45, 7) is 1.12. The highest BCUT2D eigenvalue weighted by molar-refractivity contribution is 7.09. The number of benzene rings is 1. The van der Waals surface area contributed by atoms with Crippen molar-refractivity contribution in [3.8, 4) is 11.5 Å². The Balaban J connectivity index is 1.80. The van der Waals surface area contributed by atoms with Crippen molar-refractivity contribution in [3.63, 3.8) is 0 Å². The molecule has 1 aliphatic heterocycles. The van der Waals surface area contributed by atoms with Gasteiger partial charge in [-0.2, -0.15) is 0 Å². The van der Waals surface area contributed by atoms with Crippen LogP contribution in [0.15, 0.2) is 23.6 Å². The van der Waals surface area contributed by atoms with Crippen LogP contribution in [0.4, 0.5) is 0 Å². The second kappa shape index (κ2) is 4.89. The van der Waals surface area contributed by atoms with Crippen molar-refractivity contribution in [3.05, 3.63) is 39.8 Å². The van der Waals surface area contributed by atoms with Gasteiger partial charge in [0.25, 0.3) is 0 Å². The maximum atomic E-state index is 10.8. The number of hydrogen-bond acceptors (Lipinski definition) is 5. The van der Waals surface area contributed by atoms with Crippen LogP contribution in [0.2, 0.25) is 0 Å². The van der Waals surface area contributed by atoms with Crippen molar-refractivity contribution in [2.45, 2.75) is 6.42 Å². The van der Waals surface area contributed by atoms with E-state index in [4.69, 9.17) is 14.6 Å². The van der Waals surface area contributed by atoms with E-state index < -0.39 is 5.97 Å². The molecule has 1 aliphatic rings. The number of carboxylic acid groups (broad SMARTS) is 1. The molecule has 6 heteroatoms. The second-order valence-corrected chi connectivity index (χ2v) is 5.03. The molecule has 0 radical (unpaired) electrons. The highest BCUT2D eigenvalue weighted by atomic mass is 32.1. The molecule has 0 bridgehead atoms. The molecule has 0 unspecified atom stereocenters. The summed E-state index contributed by atoms with van der Waals surface area (Å²) in [5, 5.41) is 11.2. The molecule has 2 heterocycles. The number of aromatic nitrogens is 1. The number of hydrogen-bond donors (Lipinski definition) is 1. The molecular weight excluding hydrogens is 266 g/mol. The van der Waals surface area contributed by atoms with Gasteiger partial charge in [-0.25, -0.2) is 9.78 Å². The Labute approximate surface area is 113 Å². The van der Waals surface area contributed by atoms with Crippen molar-refractivity contribution in [1.82, 2.24) is 4.98 Å². The third-order valence-corrected chi connectivity index (χ3v) is 3.58. The van der Waals surface area contributed by atoms with Gasteiger partial charge in [0.15, 0.2) is 17.2 Å². The summed E-state index contributed by atoms with van der Waals surface area (Å²) < 4.78 is 11.0. The average molecular weight is 277 g/mol. The van der Waals surface area contributed by atoms with Crippen LogP contribution < -0.4 is 9.47 Å². The molecule has 2 aromatic rings. The number of rotatable bonds is 3. The molecule has 0 atom stereocenters. The zero-order valence-corrected chi connectivity index (χ0v) is 10.8. The van der Waals surface area contributed by atoms with E-state index in [0.29, 0.717) is 19.6 Å². The predicted molar refractivity (Wildman–Crippen MR) is 69.3 cm³/mol. The van der Waals surface area contributed by atoms with Gasteiger partial charge >= 0.3 is 5.97 Å². The normalized spacial score (nSPS) is 13.3. The lowest BCUT2D eigenvalue weighted by molar-refractivity contribution is 0.0691. The van der Waals surface area contributed by atoms with E-state index in [1.165, 1.54) is 11.3 Å². The highest BCUT2D eigenvalue weighted by Gasteiger charge is 2.13. The quantitative estimate of drug-likeness (QED) is 0.931. The van der Waals surface area contributed by atoms with Crippen LogP contribution in [0.3, 0.4) is 0 Å². The summed E-state index contributed by atoms with van der Waals surface area (Å²) in [4.78, 5) is 14.8. The molecule has 0 fully saturated rings. The predicted octanol–water partition coefficient (Wildman–Crippen LogP) is 2.20. The minimum Gasteiger partial charge on any atom is -0.486 e. The van der Waals surface area contributed by atoms with Crippen LogP contribution in [0.5, 0.6) is 11.5 Å². The van der Waals surface area contributed by atoms with E-state index in [1.807, 2.05) is 18.2 Å². The van der Waals surface area contributed by atoms with Crippen LogP contribution in [0, 0.1) is 0 Å². The first-order valence-corrected chi connectivity index (χ1v) is 6.66. The summed E-state index contributed by atoms with van der Waals surface area (Å²) in [6.07, 6.45) is 0.592. The third-order valence-electron chi connectivity index (χ3n) is 2.73. The Morgan fingerprint density at radius 3 is 2.84 bits per heavy atom.